The van der Waals surface area contributed by atoms with Crippen LogP contribution in [0.5, 0.6) is 0 Å². The van der Waals surface area contributed by atoms with Crippen LogP contribution in [0.1, 0.15) is 12.0 Å². The molecule has 0 amide bonds. The molecular formula is C11H9FO2. The number of carbonyl (C=O) groups excluding carboxylic acids is 1. The van der Waals surface area contributed by atoms with Crippen LogP contribution in [0, 0.1) is 11.7 Å². The van der Waals surface area contributed by atoms with Crippen LogP contribution in [-0.4, -0.2) is 12.6 Å². The van der Waals surface area contributed by atoms with Crippen molar-refractivity contribution >= 4 is 5.97 Å². The molecule has 2 aliphatic rings. The zero-order valence-electron chi connectivity index (χ0n) is 7.50. The second kappa shape index (κ2) is 2.35. The predicted molar refractivity (Wildman–Crippen MR) is 47.1 cm³/mol. The minimum absolute atomic E-state index is 0.201. The molecule has 1 aliphatic heterocycles. The van der Waals surface area contributed by atoms with Crippen molar-refractivity contribution in [1.82, 2.24) is 0 Å². The van der Waals surface area contributed by atoms with Gasteiger partial charge in [-0.25, -0.2) is 4.39 Å². The van der Waals surface area contributed by atoms with Crippen molar-refractivity contribution in [3.63, 3.8) is 0 Å². The van der Waals surface area contributed by atoms with Crippen LogP contribution in [0.2, 0.25) is 0 Å². The third-order valence-electron chi connectivity index (χ3n) is 3.24. The summed E-state index contributed by atoms with van der Waals surface area (Å²) < 4.78 is 18.4. The maximum Gasteiger partial charge on any atom is 0.317 e. The van der Waals surface area contributed by atoms with Gasteiger partial charge in [0.1, 0.15) is 11.2 Å². The summed E-state index contributed by atoms with van der Waals surface area (Å²) in [4.78, 5) is 11.5. The van der Waals surface area contributed by atoms with Gasteiger partial charge >= 0.3 is 5.97 Å². The first kappa shape index (κ1) is 7.97. The first-order valence-corrected chi connectivity index (χ1v) is 4.67. The van der Waals surface area contributed by atoms with Gasteiger partial charge in [-0.05, 0) is 12.5 Å². The highest BCUT2D eigenvalue weighted by molar-refractivity contribution is 5.89. The lowest BCUT2D eigenvalue weighted by Crippen LogP contribution is -2.20. The molecular weight excluding hydrogens is 183 g/mol. The molecule has 0 radical (unpaired) electrons. The molecule has 0 bridgehead atoms. The van der Waals surface area contributed by atoms with Crippen molar-refractivity contribution in [2.75, 3.05) is 6.61 Å². The topological polar surface area (TPSA) is 26.3 Å². The SMILES string of the molecule is O=C1OC[C@H]2C[C@@]12c1ccccc1F. The predicted octanol–water partition coefficient (Wildman–Crippen LogP) is 1.64. The number of benzene rings is 1. The molecule has 1 aromatic rings. The van der Waals surface area contributed by atoms with Crippen molar-refractivity contribution in [3.05, 3.63) is 35.6 Å². The molecule has 0 aromatic heterocycles. The maximum atomic E-state index is 13.5. The van der Waals surface area contributed by atoms with E-state index in [1.54, 1.807) is 18.2 Å². The molecule has 0 unspecified atom stereocenters. The van der Waals surface area contributed by atoms with Gasteiger partial charge in [0.15, 0.2) is 0 Å². The van der Waals surface area contributed by atoms with E-state index in [-0.39, 0.29) is 17.7 Å². The number of hydrogen-bond acceptors (Lipinski definition) is 2. The van der Waals surface area contributed by atoms with Gasteiger partial charge in [-0.3, -0.25) is 4.79 Å². The number of rotatable bonds is 1. The molecule has 3 heteroatoms. The van der Waals surface area contributed by atoms with Gasteiger partial charge in [-0.2, -0.15) is 0 Å². The van der Waals surface area contributed by atoms with E-state index in [0.717, 1.165) is 6.42 Å². The van der Waals surface area contributed by atoms with Gasteiger partial charge in [-0.15, -0.1) is 0 Å². The minimum atomic E-state index is -0.634. The average Bonchev–Trinajstić information content (AvgIpc) is 2.83. The molecule has 14 heavy (non-hydrogen) atoms. The maximum absolute atomic E-state index is 13.5. The molecule has 1 aliphatic carbocycles. The molecule has 1 saturated carbocycles. The van der Waals surface area contributed by atoms with E-state index in [4.69, 9.17) is 4.74 Å². The summed E-state index contributed by atoms with van der Waals surface area (Å²) in [5.41, 5.74) is -0.127. The number of esters is 1. The van der Waals surface area contributed by atoms with Crippen LogP contribution < -0.4 is 0 Å². The normalized spacial score (nSPS) is 33.8. The Morgan fingerprint density at radius 1 is 1.43 bits per heavy atom. The third kappa shape index (κ3) is 0.775. The molecule has 2 nitrogen and oxygen atoms in total. The second-order valence-electron chi connectivity index (χ2n) is 3.95. The van der Waals surface area contributed by atoms with Gasteiger partial charge in [0.25, 0.3) is 0 Å². The van der Waals surface area contributed by atoms with E-state index < -0.39 is 5.41 Å². The quantitative estimate of drug-likeness (QED) is 0.632. The Morgan fingerprint density at radius 3 is 2.79 bits per heavy atom. The van der Waals surface area contributed by atoms with E-state index in [1.165, 1.54) is 6.07 Å². The monoisotopic (exact) mass is 192 g/mol. The summed E-state index contributed by atoms with van der Waals surface area (Å²) in [6.07, 6.45) is 0.743. The van der Waals surface area contributed by atoms with Gasteiger partial charge in [0.2, 0.25) is 0 Å². The molecule has 0 spiro atoms. The van der Waals surface area contributed by atoms with E-state index in [2.05, 4.69) is 0 Å². The lowest BCUT2D eigenvalue weighted by atomic mass is 9.94. The van der Waals surface area contributed by atoms with Crippen molar-refractivity contribution in [1.29, 1.82) is 0 Å². The molecule has 1 saturated heterocycles. The first-order chi connectivity index (χ1) is 6.75. The number of carbonyl (C=O) groups is 1. The van der Waals surface area contributed by atoms with Gasteiger partial charge in [0.05, 0.1) is 6.61 Å². The Labute approximate surface area is 80.7 Å². The fourth-order valence-corrected chi connectivity index (χ4v) is 2.35. The summed E-state index contributed by atoms with van der Waals surface area (Å²) in [7, 11) is 0. The highest BCUT2D eigenvalue weighted by atomic mass is 19.1. The summed E-state index contributed by atoms with van der Waals surface area (Å²) >= 11 is 0. The average molecular weight is 192 g/mol. The lowest BCUT2D eigenvalue weighted by Gasteiger charge is -2.09. The third-order valence-corrected chi connectivity index (χ3v) is 3.24. The fraction of sp³-hybridized carbons (Fsp3) is 0.364. The molecule has 3 rings (SSSR count). The molecule has 2 fully saturated rings. The fourth-order valence-electron chi connectivity index (χ4n) is 2.35. The number of hydrogen-bond donors (Lipinski definition) is 0. The van der Waals surface area contributed by atoms with E-state index >= 15 is 0 Å². The van der Waals surface area contributed by atoms with Gasteiger partial charge in [-0.1, -0.05) is 18.2 Å². The van der Waals surface area contributed by atoms with E-state index in [9.17, 15) is 9.18 Å². The minimum Gasteiger partial charge on any atom is -0.465 e. The summed E-state index contributed by atoms with van der Waals surface area (Å²) in [5.74, 6) is -0.353. The lowest BCUT2D eigenvalue weighted by molar-refractivity contribution is -0.142. The zero-order chi connectivity index (χ0) is 9.76. The highest BCUT2D eigenvalue weighted by Gasteiger charge is 2.67. The summed E-state index contributed by atoms with van der Waals surface area (Å²) in [6, 6.07) is 6.47. The summed E-state index contributed by atoms with van der Waals surface area (Å²) in [5, 5.41) is 0. The molecule has 1 aromatic carbocycles. The Morgan fingerprint density at radius 2 is 2.21 bits per heavy atom. The number of ether oxygens (including phenoxy) is 1. The molecule has 1 heterocycles. The van der Waals surface area contributed by atoms with Crippen LogP contribution in [0.15, 0.2) is 24.3 Å². The highest BCUT2D eigenvalue weighted by Crippen LogP contribution is 2.59. The van der Waals surface area contributed by atoms with Crippen LogP contribution in [0.25, 0.3) is 0 Å². The smallest absolute Gasteiger partial charge is 0.317 e. The van der Waals surface area contributed by atoms with E-state index in [1.807, 2.05) is 0 Å². The van der Waals surface area contributed by atoms with E-state index in [0.29, 0.717) is 12.2 Å². The Balaban J connectivity index is 2.12. The largest absolute Gasteiger partial charge is 0.465 e. The standard InChI is InChI=1S/C11H9FO2/c12-9-4-2-1-3-8(9)11-5-7(11)6-14-10(11)13/h1-4,7H,5-6H2/t7-,11-/m1/s1. The van der Waals surface area contributed by atoms with Crippen molar-refractivity contribution in [2.45, 2.75) is 11.8 Å². The number of halogens is 1. The zero-order valence-corrected chi connectivity index (χ0v) is 7.50. The van der Waals surface area contributed by atoms with Crippen LogP contribution >= 0.6 is 0 Å². The van der Waals surface area contributed by atoms with Crippen LogP contribution in [0.4, 0.5) is 4.39 Å². The Hall–Kier alpha value is -1.38. The van der Waals surface area contributed by atoms with Gasteiger partial charge < -0.3 is 4.74 Å². The number of cyclic esters (lactones) is 1. The second-order valence-corrected chi connectivity index (χ2v) is 3.95. The molecule has 2 atom stereocenters. The van der Waals surface area contributed by atoms with Crippen LogP contribution in [-0.2, 0) is 14.9 Å². The summed E-state index contributed by atoms with van der Waals surface area (Å²) in [6.45, 7) is 0.452. The number of fused-ring (bicyclic) bond motifs is 1. The van der Waals surface area contributed by atoms with Crippen molar-refractivity contribution in [2.24, 2.45) is 5.92 Å². The molecule has 72 valence electrons. The first-order valence-electron chi connectivity index (χ1n) is 4.67. The molecule has 0 N–H and O–H groups in total. The van der Waals surface area contributed by atoms with Gasteiger partial charge in [0, 0.05) is 11.5 Å². The Bertz CT molecular complexity index is 416. The van der Waals surface area contributed by atoms with Crippen molar-refractivity contribution in [3.8, 4) is 0 Å². The van der Waals surface area contributed by atoms with Crippen LogP contribution in [0.3, 0.4) is 0 Å². The Kier molecular flexibility index (Phi) is 1.34. The van der Waals surface area contributed by atoms with Crippen molar-refractivity contribution < 1.29 is 13.9 Å².